The number of aromatic nitrogens is 8. The van der Waals surface area contributed by atoms with E-state index in [1.165, 1.54) is 43.2 Å². The summed E-state index contributed by atoms with van der Waals surface area (Å²) < 4.78 is 18.4. The number of esters is 2. The van der Waals surface area contributed by atoms with Gasteiger partial charge in [0, 0.05) is 55.4 Å². The highest BCUT2D eigenvalue weighted by atomic mass is 16.5. The number of nitrogens with one attached hydrogen (secondary N) is 2. The summed E-state index contributed by atoms with van der Waals surface area (Å²) in [5.74, 6) is 3.47. The predicted octanol–water partition coefficient (Wildman–Crippen LogP) is 7.38. The molecule has 0 radical (unpaired) electrons. The van der Waals surface area contributed by atoms with Crippen LogP contribution in [0.2, 0.25) is 0 Å². The topological polar surface area (TPSA) is 186 Å². The number of hydrogen-bond donors (Lipinski definition) is 3. The molecule has 4 N–H and O–H groups in total. The lowest BCUT2D eigenvalue weighted by atomic mass is 9.82. The number of carbonyl (C=O) groups excluding carboxylic acids is 2. The maximum Gasteiger partial charge on any atom is 0.327 e. The number of aryl methyl sites for hydroxylation is 1. The van der Waals surface area contributed by atoms with Crippen LogP contribution >= 0.6 is 0 Å². The van der Waals surface area contributed by atoms with E-state index in [0.29, 0.717) is 42.2 Å². The van der Waals surface area contributed by atoms with Crippen LogP contribution in [0.1, 0.15) is 96.7 Å². The molecule has 5 heterocycles. The molecule has 0 spiro atoms. The monoisotopic (exact) mass is 823 g/mol. The smallest absolute Gasteiger partial charge is 0.327 e. The zero-order valence-corrected chi connectivity index (χ0v) is 35.7. The van der Waals surface area contributed by atoms with Crippen LogP contribution in [-0.2, 0) is 58.1 Å². The number of nitrogens with zero attached hydrogens (tertiary/aromatic N) is 9. The Morgan fingerprint density at radius 3 is 2.38 bits per heavy atom. The van der Waals surface area contributed by atoms with Gasteiger partial charge >= 0.3 is 11.9 Å². The second-order valence-corrected chi connectivity index (χ2v) is 16.9. The van der Waals surface area contributed by atoms with Gasteiger partial charge in [0.05, 0.1) is 37.0 Å². The maximum absolute atomic E-state index is 13.1. The first kappa shape index (κ1) is 42.5. The summed E-state index contributed by atoms with van der Waals surface area (Å²) in [5.41, 5.74) is 10.9. The maximum atomic E-state index is 13.1. The molecule has 0 amide bonds. The van der Waals surface area contributed by atoms with Gasteiger partial charge in [0.25, 0.3) is 0 Å². The number of ether oxygens (including phenoxy) is 2. The first-order chi connectivity index (χ1) is 29.1. The second kappa shape index (κ2) is 20.1. The van der Waals surface area contributed by atoms with Crippen molar-refractivity contribution in [3.63, 3.8) is 0 Å². The Bertz CT molecular complexity index is 2230. The minimum atomic E-state index is -0.375. The van der Waals surface area contributed by atoms with Crippen molar-refractivity contribution in [3.05, 3.63) is 60.6 Å². The van der Waals surface area contributed by atoms with Gasteiger partial charge in [-0.15, -0.1) is 0 Å². The number of nitrogens with two attached hydrogens (primary N) is 1. The number of carbonyl (C=O) groups is 2. The van der Waals surface area contributed by atoms with Crippen LogP contribution in [0.25, 0.3) is 11.0 Å². The average Bonchev–Trinajstić information content (AvgIpc) is 4.01. The van der Waals surface area contributed by atoms with Crippen LogP contribution < -0.4 is 16.4 Å². The number of rotatable bonds is 18. The Labute approximate surface area is 352 Å². The molecule has 2 fully saturated rings. The van der Waals surface area contributed by atoms with Crippen molar-refractivity contribution >= 4 is 52.1 Å². The van der Waals surface area contributed by atoms with Crippen LogP contribution in [0.15, 0.2) is 54.3 Å². The molecule has 2 aliphatic rings. The Morgan fingerprint density at radius 2 is 1.63 bits per heavy atom. The van der Waals surface area contributed by atoms with Crippen LogP contribution in [0.4, 0.5) is 23.1 Å². The largest absolute Gasteiger partial charge is 0.465 e. The van der Waals surface area contributed by atoms with Gasteiger partial charge in [-0.25, -0.2) is 4.98 Å². The van der Waals surface area contributed by atoms with Gasteiger partial charge in [-0.1, -0.05) is 52.9 Å². The summed E-state index contributed by atoms with van der Waals surface area (Å²) in [4.78, 5) is 39.4. The highest BCUT2D eigenvalue weighted by Crippen LogP contribution is 2.34. The van der Waals surface area contributed by atoms with Crippen LogP contribution in [0.5, 0.6) is 0 Å². The van der Waals surface area contributed by atoms with Crippen LogP contribution in [0, 0.1) is 23.7 Å². The van der Waals surface area contributed by atoms with Crippen LogP contribution in [-0.4, -0.2) is 69.8 Å². The molecule has 16 nitrogen and oxygen atoms in total. The summed E-state index contributed by atoms with van der Waals surface area (Å²) in [6.45, 7) is 10.9. The van der Waals surface area contributed by atoms with Crippen molar-refractivity contribution in [1.29, 1.82) is 0 Å². The molecule has 0 saturated heterocycles. The van der Waals surface area contributed by atoms with Crippen molar-refractivity contribution < 1.29 is 19.1 Å². The molecule has 7 rings (SSSR count). The summed E-state index contributed by atoms with van der Waals surface area (Å²) in [6, 6.07) is 4.26. The van der Waals surface area contributed by atoms with E-state index < -0.39 is 0 Å². The molecule has 0 bridgehead atoms. The quantitative estimate of drug-likeness (QED) is 0.0455. The van der Waals surface area contributed by atoms with Crippen molar-refractivity contribution in [2.24, 2.45) is 34.4 Å². The van der Waals surface area contributed by atoms with E-state index in [9.17, 15) is 9.59 Å². The third kappa shape index (κ3) is 11.3. The zero-order valence-electron chi connectivity index (χ0n) is 35.7. The molecule has 60 heavy (non-hydrogen) atoms. The minimum Gasteiger partial charge on any atom is -0.465 e. The van der Waals surface area contributed by atoms with Crippen LogP contribution in [0.3, 0.4) is 0 Å². The zero-order chi connectivity index (χ0) is 42.0. The highest BCUT2D eigenvalue weighted by molar-refractivity contribution is 5.93. The molecule has 0 aliphatic heterocycles. The fourth-order valence-corrected chi connectivity index (χ4v) is 8.84. The lowest BCUT2D eigenvalue weighted by molar-refractivity contribution is -0.145. The van der Waals surface area contributed by atoms with E-state index in [-0.39, 0.29) is 37.6 Å². The van der Waals surface area contributed by atoms with E-state index in [1.807, 2.05) is 6.20 Å². The van der Waals surface area contributed by atoms with Gasteiger partial charge in [-0.3, -0.25) is 19.0 Å². The molecule has 0 aromatic carbocycles. The molecular weight excluding hydrogens is 761 g/mol. The molecule has 5 aromatic heterocycles. The van der Waals surface area contributed by atoms with Gasteiger partial charge in [0.2, 0.25) is 5.95 Å². The van der Waals surface area contributed by atoms with Gasteiger partial charge in [0.1, 0.15) is 24.6 Å². The molecule has 2 saturated carbocycles. The first-order valence-electron chi connectivity index (χ1n) is 21.9. The van der Waals surface area contributed by atoms with Crippen molar-refractivity contribution in [2.45, 2.75) is 125 Å². The SMILES string of the molecule is CCCc1cc(CCOC(=O)Cn2cc(Nc3ncc4ccn(CC5CCCC(C)C5)c4n3)cn2)n(CC2CCC(C)CC2)c1/N=C(\N)Nc1cnn(CC(=O)OCC)c1. The van der Waals surface area contributed by atoms with Gasteiger partial charge in [0.15, 0.2) is 5.96 Å². The normalized spacial score (nSPS) is 19.7. The number of aliphatic imine (C=N–C) groups is 1. The van der Waals surface area contributed by atoms with Crippen molar-refractivity contribution in [2.75, 3.05) is 23.8 Å². The van der Waals surface area contributed by atoms with Gasteiger partial charge in [-0.2, -0.15) is 20.2 Å². The van der Waals surface area contributed by atoms with E-state index in [1.54, 1.807) is 36.4 Å². The first-order valence-corrected chi connectivity index (χ1v) is 21.9. The number of guanidine groups is 1. The van der Waals surface area contributed by atoms with E-state index in [2.05, 4.69) is 74.0 Å². The Morgan fingerprint density at radius 1 is 0.883 bits per heavy atom. The van der Waals surface area contributed by atoms with Crippen molar-refractivity contribution in [1.82, 2.24) is 38.7 Å². The molecular formula is C44H62N12O4. The molecule has 2 atom stereocenters. The second-order valence-electron chi connectivity index (χ2n) is 16.9. The Kier molecular flexibility index (Phi) is 14.2. The Hall–Kier alpha value is -5.67. The molecule has 16 heteroatoms. The third-order valence-corrected chi connectivity index (χ3v) is 11.9. The summed E-state index contributed by atoms with van der Waals surface area (Å²) in [7, 11) is 0. The average molecular weight is 823 g/mol. The molecule has 322 valence electrons. The summed E-state index contributed by atoms with van der Waals surface area (Å²) in [6.07, 6.45) is 22.8. The highest BCUT2D eigenvalue weighted by Gasteiger charge is 2.24. The fraction of sp³-hybridized carbons (Fsp3) is 0.568. The minimum absolute atomic E-state index is 0.00631. The lowest BCUT2D eigenvalue weighted by Crippen LogP contribution is -2.23. The third-order valence-electron chi connectivity index (χ3n) is 11.9. The standard InChI is InChI=1S/C44H62N12O4/c1-5-8-34-20-38(56(25-32-13-11-30(3)12-14-32)42(34)51-43(45)49-36-22-47-54(26-36)28-39(57)59-6-2)16-18-60-40(58)29-55-27-37(23-48-55)50-44-46-21-35-15-17-53(41(35)52-44)24-33-10-7-9-31(4)19-33/h15,17,20-23,26-27,30-33H,5-14,16,18-19,24-25,28-29H2,1-4H3,(H3,45,49,51)(H,46,50,52). The van der Waals surface area contributed by atoms with E-state index in [4.69, 9.17) is 25.2 Å². The Balaban J connectivity index is 0.981. The van der Waals surface area contributed by atoms with Crippen molar-refractivity contribution in [3.8, 4) is 0 Å². The number of fused-ring (bicyclic) bond motifs is 1. The molecule has 5 aromatic rings. The van der Waals surface area contributed by atoms with E-state index in [0.717, 1.165) is 78.7 Å². The molecule has 2 unspecified atom stereocenters. The van der Waals surface area contributed by atoms with E-state index >= 15 is 0 Å². The fourth-order valence-electron chi connectivity index (χ4n) is 8.84. The van der Waals surface area contributed by atoms with Gasteiger partial charge in [-0.05, 0) is 80.4 Å². The van der Waals surface area contributed by atoms with Gasteiger partial charge < -0.3 is 35.0 Å². The number of hydrogen-bond acceptors (Lipinski definition) is 10. The predicted molar refractivity (Wildman–Crippen MR) is 232 cm³/mol. The summed E-state index contributed by atoms with van der Waals surface area (Å²) >= 11 is 0. The summed E-state index contributed by atoms with van der Waals surface area (Å²) in [5, 5.41) is 16.1. The lowest BCUT2D eigenvalue weighted by Gasteiger charge is -2.27. The number of anilines is 3. The molecule has 2 aliphatic carbocycles.